The molecule has 0 aliphatic rings. The lowest BCUT2D eigenvalue weighted by atomic mass is 9.96. The molecule has 4 rings (SSSR count). The molecular weight excluding hydrogens is 450 g/mol. The molecule has 1 aromatic heterocycles. The van der Waals surface area contributed by atoms with Crippen LogP contribution in [0.3, 0.4) is 0 Å². The zero-order valence-electron chi connectivity index (χ0n) is 18.4. The van der Waals surface area contributed by atoms with Gasteiger partial charge in [-0.2, -0.15) is 0 Å². The molecule has 1 heterocycles. The van der Waals surface area contributed by atoms with Crippen LogP contribution < -0.4 is 0 Å². The van der Waals surface area contributed by atoms with Gasteiger partial charge in [0.15, 0.2) is 0 Å². The minimum Gasteiger partial charge on any atom is -0.462 e. The second kappa shape index (κ2) is 10.7. The van der Waals surface area contributed by atoms with Crippen LogP contribution in [0.1, 0.15) is 22.8 Å². The number of carbonyl (C=O) groups is 1. The van der Waals surface area contributed by atoms with Crippen molar-refractivity contribution in [2.24, 2.45) is 0 Å². The van der Waals surface area contributed by atoms with Crippen molar-refractivity contribution in [2.45, 2.75) is 17.7 Å². The Hall–Kier alpha value is -4.04. The Labute approximate surface area is 201 Å². The van der Waals surface area contributed by atoms with E-state index in [0.717, 1.165) is 16.7 Å². The van der Waals surface area contributed by atoms with Crippen molar-refractivity contribution in [2.75, 3.05) is 6.61 Å². The molecule has 0 radical (unpaired) electrons. The minimum absolute atomic E-state index is 0.0272. The van der Waals surface area contributed by atoms with Crippen LogP contribution in [0.25, 0.3) is 22.4 Å². The molecule has 0 saturated heterocycles. The summed E-state index contributed by atoms with van der Waals surface area (Å²) in [6.45, 7) is 1.99. The van der Waals surface area contributed by atoms with Crippen LogP contribution in [0, 0.1) is 10.1 Å². The monoisotopic (exact) mass is 471 g/mol. The third-order valence-electron chi connectivity index (χ3n) is 5.05. The number of benzene rings is 3. The molecular formula is C26H21N3O4S. The van der Waals surface area contributed by atoms with Crippen LogP contribution in [0.15, 0.2) is 90.0 Å². The van der Waals surface area contributed by atoms with E-state index in [4.69, 9.17) is 4.74 Å². The fourth-order valence-electron chi connectivity index (χ4n) is 3.46. The molecule has 0 spiro atoms. The van der Waals surface area contributed by atoms with Crippen LogP contribution in [-0.2, 0) is 10.5 Å². The third-order valence-corrected chi connectivity index (χ3v) is 6.09. The van der Waals surface area contributed by atoms with Crippen molar-refractivity contribution in [3.05, 3.63) is 106 Å². The van der Waals surface area contributed by atoms with Crippen molar-refractivity contribution in [3.8, 4) is 22.4 Å². The Morgan fingerprint density at radius 2 is 1.53 bits per heavy atom. The molecule has 4 aromatic rings. The molecule has 0 N–H and O–H groups in total. The van der Waals surface area contributed by atoms with Crippen molar-refractivity contribution < 1.29 is 14.5 Å². The summed E-state index contributed by atoms with van der Waals surface area (Å²) in [5.41, 5.74) is 4.16. The van der Waals surface area contributed by atoms with Crippen molar-refractivity contribution >= 4 is 23.4 Å². The minimum atomic E-state index is -0.473. The summed E-state index contributed by atoms with van der Waals surface area (Å²) in [5.74, 6) is -0.0162. The first-order chi connectivity index (χ1) is 16.6. The van der Waals surface area contributed by atoms with Gasteiger partial charge >= 0.3 is 5.97 Å². The van der Waals surface area contributed by atoms with E-state index < -0.39 is 10.9 Å². The van der Waals surface area contributed by atoms with Crippen LogP contribution in [-0.4, -0.2) is 27.7 Å². The normalized spacial score (nSPS) is 10.6. The number of hydrogen-bond acceptors (Lipinski definition) is 7. The van der Waals surface area contributed by atoms with Gasteiger partial charge < -0.3 is 4.74 Å². The topological polar surface area (TPSA) is 95.2 Å². The largest absolute Gasteiger partial charge is 0.462 e. The van der Waals surface area contributed by atoms with Crippen LogP contribution >= 0.6 is 11.8 Å². The lowest BCUT2D eigenvalue weighted by Gasteiger charge is -2.16. The molecule has 8 heteroatoms. The smallest absolute Gasteiger partial charge is 0.341 e. The lowest BCUT2D eigenvalue weighted by molar-refractivity contribution is -0.384. The molecule has 0 saturated carbocycles. The highest BCUT2D eigenvalue weighted by atomic mass is 32.2. The number of aromatic nitrogens is 2. The Balaban J connectivity index is 1.81. The zero-order chi connectivity index (χ0) is 23.9. The van der Waals surface area contributed by atoms with Gasteiger partial charge in [-0.15, -0.1) is 10.2 Å². The summed E-state index contributed by atoms with van der Waals surface area (Å²) < 4.78 is 5.42. The van der Waals surface area contributed by atoms with E-state index in [1.54, 1.807) is 19.1 Å². The molecule has 0 unspecified atom stereocenters. The van der Waals surface area contributed by atoms with E-state index >= 15 is 0 Å². The number of nitrogens with zero attached hydrogens (tertiary/aromatic N) is 3. The second-order valence-electron chi connectivity index (χ2n) is 7.27. The molecule has 0 aliphatic heterocycles. The number of esters is 1. The summed E-state index contributed by atoms with van der Waals surface area (Å²) in [6.07, 6.45) is 0. The lowest BCUT2D eigenvalue weighted by Crippen LogP contribution is -2.12. The number of nitro benzene ring substituents is 1. The molecule has 0 atom stereocenters. The van der Waals surface area contributed by atoms with Gasteiger partial charge in [-0.3, -0.25) is 10.1 Å². The predicted molar refractivity (Wildman–Crippen MR) is 132 cm³/mol. The van der Waals surface area contributed by atoms with Gasteiger partial charge in [0.1, 0.15) is 16.3 Å². The number of thioether (sulfide) groups is 1. The van der Waals surface area contributed by atoms with E-state index in [9.17, 15) is 14.9 Å². The number of ether oxygens (including phenoxy) is 1. The zero-order valence-corrected chi connectivity index (χ0v) is 19.2. The highest BCUT2D eigenvalue weighted by Gasteiger charge is 2.25. The number of hydrogen-bond donors (Lipinski definition) is 0. The molecule has 0 aliphatic carbocycles. The predicted octanol–water partition coefficient (Wildman–Crippen LogP) is 6.19. The number of non-ortho nitro benzene ring substituents is 1. The molecule has 170 valence electrons. The van der Waals surface area contributed by atoms with Crippen molar-refractivity contribution in [1.29, 1.82) is 0 Å². The maximum atomic E-state index is 13.2. The standard InChI is InChI=1S/C26H21N3O4S/c1-2-33-26(30)23-22(19-9-5-3-6-10-19)24(20-11-7-4-8-12-20)27-28-25(23)34-17-18-13-15-21(16-14-18)29(31)32/h3-16H,2,17H2,1H3. The van der Waals surface area contributed by atoms with Gasteiger partial charge in [-0.1, -0.05) is 84.6 Å². The summed E-state index contributed by atoms with van der Waals surface area (Å²) in [5, 5.41) is 20.3. The molecule has 0 bridgehead atoms. The van der Waals surface area contributed by atoms with Crippen LogP contribution in [0.2, 0.25) is 0 Å². The Morgan fingerprint density at radius 1 is 0.912 bits per heavy atom. The Kier molecular flexibility index (Phi) is 7.29. The van der Waals surface area contributed by atoms with Gasteiger partial charge in [0.05, 0.1) is 11.5 Å². The summed E-state index contributed by atoms with van der Waals surface area (Å²) in [7, 11) is 0. The van der Waals surface area contributed by atoms with Gasteiger partial charge in [0, 0.05) is 29.0 Å². The van der Waals surface area contributed by atoms with Gasteiger partial charge in [-0.05, 0) is 18.1 Å². The quantitative estimate of drug-likeness (QED) is 0.131. The average molecular weight is 472 g/mol. The first kappa shape index (κ1) is 23.1. The maximum absolute atomic E-state index is 13.2. The van der Waals surface area contributed by atoms with E-state index in [1.807, 2.05) is 60.7 Å². The Morgan fingerprint density at radius 3 is 2.12 bits per heavy atom. The molecule has 3 aromatic carbocycles. The van der Waals surface area contributed by atoms with Crippen LogP contribution in [0.4, 0.5) is 5.69 Å². The van der Waals surface area contributed by atoms with E-state index in [-0.39, 0.29) is 12.3 Å². The van der Waals surface area contributed by atoms with E-state index in [2.05, 4.69) is 10.2 Å². The van der Waals surface area contributed by atoms with Crippen LogP contribution in [0.5, 0.6) is 0 Å². The summed E-state index contributed by atoms with van der Waals surface area (Å²) in [4.78, 5) is 23.7. The SMILES string of the molecule is CCOC(=O)c1c(SCc2ccc([N+](=O)[O-])cc2)nnc(-c2ccccc2)c1-c1ccccc1. The summed E-state index contributed by atoms with van der Waals surface area (Å²) >= 11 is 1.34. The molecule has 34 heavy (non-hydrogen) atoms. The van der Waals surface area contributed by atoms with Crippen molar-refractivity contribution in [1.82, 2.24) is 10.2 Å². The fourth-order valence-corrected chi connectivity index (χ4v) is 4.39. The fraction of sp³-hybridized carbons (Fsp3) is 0.115. The number of rotatable bonds is 8. The number of nitro groups is 1. The number of carbonyl (C=O) groups excluding carboxylic acids is 1. The highest BCUT2D eigenvalue weighted by Crippen LogP contribution is 2.38. The van der Waals surface area contributed by atoms with Crippen molar-refractivity contribution in [3.63, 3.8) is 0 Å². The van der Waals surface area contributed by atoms with Gasteiger partial charge in [-0.25, -0.2) is 4.79 Å². The van der Waals surface area contributed by atoms with Gasteiger partial charge in [0.25, 0.3) is 5.69 Å². The average Bonchev–Trinajstić information content (AvgIpc) is 2.88. The summed E-state index contributed by atoms with van der Waals surface area (Å²) in [6, 6.07) is 25.5. The molecule has 7 nitrogen and oxygen atoms in total. The molecule has 0 amide bonds. The third kappa shape index (κ3) is 5.13. The van der Waals surface area contributed by atoms with E-state index in [1.165, 1.54) is 23.9 Å². The van der Waals surface area contributed by atoms with Gasteiger partial charge in [0.2, 0.25) is 0 Å². The molecule has 0 fully saturated rings. The first-order valence-electron chi connectivity index (χ1n) is 10.6. The Bertz CT molecular complexity index is 1300. The maximum Gasteiger partial charge on any atom is 0.341 e. The first-order valence-corrected chi connectivity index (χ1v) is 11.6. The van der Waals surface area contributed by atoms with E-state index in [0.29, 0.717) is 27.6 Å². The second-order valence-corrected chi connectivity index (χ2v) is 8.23. The highest BCUT2D eigenvalue weighted by molar-refractivity contribution is 7.98.